The van der Waals surface area contributed by atoms with Crippen molar-refractivity contribution in [2.45, 2.75) is 19.4 Å². The zero-order valence-electron chi connectivity index (χ0n) is 16.9. The Labute approximate surface area is 171 Å². The Morgan fingerprint density at radius 3 is 2.72 bits per heavy atom. The molecular weight excluding hydrogens is 364 g/mol. The molecule has 1 aromatic heterocycles. The SMILES string of the molecule is COc1ccc(C(=O)C2CCCN(Cc3ccc4ccccc4n3)C2)cc1OC. The van der Waals surface area contributed by atoms with Crippen molar-refractivity contribution in [3.63, 3.8) is 0 Å². The number of fused-ring (bicyclic) bond motifs is 1. The van der Waals surface area contributed by atoms with Gasteiger partial charge in [0.05, 0.1) is 25.4 Å². The zero-order chi connectivity index (χ0) is 20.2. The van der Waals surface area contributed by atoms with Crippen LogP contribution in [-0.2, 0) is 6.54 Å². The second-order valence-electron chi connectivity index (χ2n) is 7.50. The first-order valence-corrected chi connectivity index (χ1v) is 10.0. The summed E-state index contributed by atoms with van der Waals surface area (Å²) in [5, 5.41) is 1.15. The van der Waals surface area contributed by atoms with Gasteiger partial charge in [0.15, 0.2) is 17.3 Å². The molecule has 1 unspecified atom stereocenters. The first kappa shape index (κ1) is 19.4. The van der Waals surface area contributed by atoms with E-state index in [9.17, 15) is 4.79 Å². The van der Waals surface area contributed by atoms with Crippen molar-refractivity contribution >= 4 is 16.7 Å². The standard InChI is InChI=1S/C24H26N2O3/c1-28-22-12-10-18(14-23(22)29-2)24(27)19-7-5-13-26(15-19)16-20-11-9-17-6-3-4-8-21(17)25-20/h3-4,6,8-12,14,19H,5,7,13,15-16H2,1-2H3. The number of hydrogen-bond donors (Lipinski definition) is 0. The topological polar surface area (TPSA) is 51.7 Å². The van der Waals surface area contributed by atoms with Crippen LogP contribution in [0.15, 0.2) is 54.6 Å². The van der Waals surface area contributed by atoms with Gasteiger partial charge in [-0.1, -0.05) is 24.3 Å². The highest BCUT2D eigenvalue weighted by atomic mass is 16.5. The molecule has 1 fully saturated rings. The van der Waals surface area contributed by atoms with E-state index in [2.05, 4.69) is 23.1 Å². The lowest BCUT2D eigenvalue weighted by Gasteiger charge is -2.31. The van der Waals surface area contributed by atoms with Gasteiger partial charge >= 0.3 is 0 Å². The van der Waals surface area contributed by atoms with Crippen LogP contribution >= 0.6 is 0 Å². The van der Waals surface area contributed by atoms with Crippen LogP contribution < -0.4 is 9.47 Å². The Morgan fingerprint density at radius 2 is 1.90 bits per heavy atom. The summed E-state index contributed by atoms with van der Waals surface area (Å²) < 4.78 is 10.6. The van der Waals surface area contributed by atoms with Crippen LogP contribution in [0.25, 0.3) is 10.9 Å². The second kappa shape index (κ2) is 8.62. The number of ketones is 1. The van der Waals surface area contributed by atoms with Crippen molar-refractivity contribution < 1.29 is 14.3 Å². The van der Waals surface area contributed by atoms with Gasteiger partial charge in [0.1, 0.15) is 0 Å². The number of benzene rings is 2. The van der Waals surface area contributed by atoms with Crippen LogP contribution in [0, 0.1) is 5.92 Å². The number of methoxy groups -OCH3 is 2. The van der Waals surface area contributed by atoms with Gasteiger partial charge in [0.25, 0.3) is 0 Å². The van der Waals surface area contributed by atoms with Crippen molar-refractivity contribution in [2.24, 2.45) is 5.92 Å². The maximum absolute atomic E-state index is 13.1. The van der Waals surface area contributed by atoms with Gasteiger partial charge < -0.3 is 9.47 Å². The van der Waals surface area contributed by atoms with Gasteiger partial charge in [-0.2, -0.15) is 0 Å². The smallest absolute Gasteiger partial charge is 0.167 e. The number of likely N-dealkylation sites (tertiary alicyclic amines) is 1. The maximum Gasteiger partial charge on any atom is 0.167 e. The van der Waals surface area contributed by atoms with Crippen LogP contribution in [0.3, 0.4) is 0 Å². The molecule has 5 heteroatoms. The largest absolute Gasteiger partial charge is 0.493 e. The number of para-hydroxylation sites is 1. The van der Waals surface area contributed by atoms with Crippen molar-refractivity contribution in [1.29, 1.82) is 0 Å². The third kappa shape index (κ3) is 4.25. The molecule has 3 aromatic rings. The number of pyridine rings is 1. The third-order valence-corrected chi connectivity index (χ3v) is 5.59. The average molecular weight is 390 g/mol. The normalized spacial score (nSPS) is 17.2. The van der Waals surface area contributed by atoms with Gasteiger partial charge in [-0.3, -0.25) is 14.7 Å². The summed E-state index contributed by atoms with van der Waals surface area (Å²) >= 11 is 0. The number of Topliss-reactive ketones (excluding diaryl/α,β-unsaturated/α-hetero) is 1. The minimum absolute atomic E-state index is 0.0118. The Kier molecular flexibility index (Phi) is 5.76. The molecule has 1 aliphatic heterocycles. The number of carbonyl (C=O) groups is 1. The molecular formula is C24H26N2O3. The number of ether oxygens (including phenoxy) is 2. The van der Waals surface area contributed by atoms with Crippen molar-refractivity contribution in [3.05, 3.63) is 65.9 Å². The predicted molar refractivity (Wildman–Crippen MR) is 114 cm³/mol. The summed E-state index contributed by atoms with van der Waals surface area (Å²) in [6, 6.07) is 17.8. The molecule has 2 heterocycles. The molecule has 0 spiro atoms. The highest BCUT2D eigenvalue weighted by Gasteiger charge is 2.27. The fourth-order valence-electron chi connectivity index (χ4n) is 4.06. The minimum Gasteiger partial charge on any atom is -0.493 e. The molecule has 29 heavy (non-hydrogen) atoms. The van der Waals surface area contributed by atoms with E-state index in [1.807, 2.05) is 24.3 Å². The van der Waals surface area contributed by atoms with Crippen LogP contribution in [0.1, 0.15) is 28.9 Å². The lowest BCUT2D eigenvalue weighted by Crippen LogP contribution is -2.38. The van der Waals surface area contributed by atoms with Crippen LogP contribution in [0.5, 0.6) is 11.5 Å². The fraction of sp³-hybridized carbons (Fsp3) is 0.333. The van der Waals surface area contributed by atoms with Crippen molar-refractivity contribution in [1.82, 2.24) is 9.88 Å². The molecule has 0 amide bonds. The van der Waals surface area contributed by atoms with Gasteiger partial charge in [-0.15, -0.1) is 0 Å². The first-order valence-electron chi connectivity index (χ1n) is 10.0. The lowest BCUT2D eigenvalue weighted by molar-refractivity contribution is 0.0810. The van der Waals surface area contributed by atoms with E-state index in [0.29, 0.717) is 17.1 Å². The van der Waals surface area contributed by atoms with Gasteiger partial charge in [0, 0.05) is 30.0 Å². The molecule has 0 bridgehead atoms. The molecule has 0 radical (unpaired) electrons. The number of hydrogen-bond acceptors (Lipinski definition) is 5. The van der Waals surface area contributed by atoms with Gasteiger partial charge in [0.2, 0.25) is 0 Å². The Hall–Kier alpha value is -2.92. The Bertz CT molecular complexity index is 1020. The Morgan fingerprint density at radius 1 is 1.07 bits per heavy atom. The van der Waals surface area contributed by atoms with E-state index in [1.165, 1.54) is 0 Å². The number of piperidine rings is 1. The molecule has 150 valence electrons. The summed E-state index contributed by atoms with van der Waals surface area (Å²) in [4.78, 5) is 20.2. The van der Waals surface area contributed by atoms with Gasteiger partial charge in [-0.25, -0.2) is 0 Å². The fourth-order valence-corrected chi connectivity index (χ4v) is 4.06. The average Bonchev–Trinajstić information content (AvgIpc) is 2.78. The van der Waals surface area contributed by atoms with Crippen LogP contribution in [-0.4, -0.2) is 43.0 Å². The third-order valence-electron chi connectivity index (χ3n) is 5.59. The molecule has 0 aliphatic carbocycles. The molecule has 2 aromatic carbocycles. The van der Waals surface area contributed by atoms with E-state index in [0.717, 1.165) is 49.1 Å². The summed E-state index contributed by atoms with van der Waals surface area (Å²) in [6.07, 6.45) is 1.92. The predicted octanol–water partition coefficient (Wildman–Crippen LogP) is 4.35. The maximum atomic E-state index is 13.1. The van der Waals surface area contributed by atoms with E-state index in [-0.39, 0.29) is 11.7 Å². The van der Waals surface area contributed by atoms with Gasteiger partial charge in [-0.05, 0) is 49.7 Å². The molecule has 4 rings (SSSR count). The number of nitrogens with zero attached hydrogens (tertiary/aromatic N) is 2. The minimum atomic E-state index is -0.0118. The summed E-state index contributed by atoms with van der Waals surface area (Å²) in [5.74, 6) is 1.38. The van der Waals surface area contributed by atoms with E-state index >= 15 is 0 Å². The van der Waals surface area contributed by atoms with Crippen LogP contribution in [0.2, 0.25) is 0 Å². The summed E-state index contributed by atoms with van der Waals surface area (Å²) in [5.41, 5.74) is 2.74. The first-order chi connectivity index (χ1) is 14.2. The van der Waals surface area contributed by atoms with E-state index in [4.69, 9.17) is 14.5 Å². The van der Waals surface area contributed by atoms with Crippen LogP contribution in [0.4, 0.5) is 0 Å². The summed E-state index contributed by atoms with van der Waals surface area (Å²) in [6.45, 7) is 2.51. The van der Waals surface area contributed by atoms with E-state index < -0.39 is 0 Å². The van der Waals surface area contributed by atoms with Crippen molar-refractivity contribution in [3.8, 4) is 11.5 Å². The highest BCUT2D eigenvalue weighted by Crippen LogP contribution is 2.30. The molecule has 0 saturated carbocycles. The molecule has 0 N–H and O–H groups in total. The molecule has 1 atom stereocenters. The lowest BCUT2D eigenvalue weighted by atomic mass is 9.89. The molecule has 1 aliphatic rings. The monoisotopic (exact) mass is 390 g/mol. The molecule has 1 saturated heterocycles. The second-order valence-corrected chi connectivity index (χ2v) is 7.50. The highest BCUT2D eigenvalue weighted by molar-refractivity contribution is 5.98. The Balaban J connectivity index is 1.46. The zero-order valence-corrected chi connectivity index (χ0v) is 16.9. The van der Waals surface area contributed by atoms with Crippen molar-refractivity contribution in [2.75, 3.05) is 27.3 Å². The molecule has 5 nitrogen and oxygen atoms in total. The quantitative estimate of drug-likeness (QED) is 0.586. The number of rotatable bonds is 6. The number of carbonyl (C=O) groups excluding carboxylic acids is 1. The van der Waals surface area contributed by atoms with E-state index in [1.54, 1.807) is 26.4 Å². The number of aromatic nitrogens is 1. The summed E-state index contributed by atoms with van der Waals surface area (Å²) in [7, 11) is 3.18.